The van der Waals surface area contributed by atoms with E-state index in [1.165, 1.54) is 18.7 Å². The number of rotatable bonds is 5. The second-order valence-corrected chi connectivity index (χ2v) is 2.93. The van der Waals surface area contributed by atoms with E-state index in [1.807, 2.05) is 6.92 Å². The Kier molecular flexibility index (Phi) is 5.93. The normalized spacial score (nSPS) is 9.27. The number of ether oxygens (including phenoxy) is 1. The van der Waals surface area contributed by atoms with Gasteiger partial charge in [-0.1, -0.05) is 6.92 Å². The van der Waals surface area contributed by atoms with Crippen molar-refractivity contribution < 1.29 is 14.3 Å². The highest BCUT2D eigenvalue weighted by atomic mass is 32.2. The molecule has 0 aliphatic heterocycles. The lowest BCUT2D eigenvalue weighted by Crippen LogP contribution is -2.02. The van der Waals surface area contributed by atoms with E-state index in [1.54, 1.807) is 0 Å². The highest BCUT2D eigenvalue weighted by molar-refractivity contribution is 7.99. The summed E-state index contributed by atoms with van der Waals surface area (Å²) >= 11 is 1.32. The van der Waals surface area contributed by atoms with E-state index in [2.05, 4.69) is 4.74 Å². The van der Waals surface area contributed by atoms with Gasteiger partial charge in [-0.3, -0.25) is 9.59 Å². The van der Waals surface area contributed by atoms with Gasteiger partial charge in [0.05, 0.1) is 5.75 Å². The molecule has 0 aromatic heterocycles. The summed E-state index contributed by atoms with van der Waals surface area (Å²) in [6.45, 7) is 3.16. The second-order valence-electron chi connectivity index (χ2n) is 1.99. The number of thioether (sulfide) groups is 1. The van der Waals surface area contributed by atoms with Gasteiger partial charge in [-0.2, -0.15) is 0 Å². The smallest absolute Gasteiger partial charge is 0.303 e. The molecule has 0 saturated carbocycles. The molecule has 0 fully saturated rings. The number of hydrogen-bond donors (Lipinski definition) is 0. The molecule has 0 saturated heterocycles. The third-order valence-electron chi connectivity index (χ3n) is 1.00. The van der Waals surface area contributed by atoms with Crippen molar-refractivity contribution in [2.75, 3.05) is 11.7 Å². The van der Waals surface area contributed by atoms with Crippen molar-refractivity contribution in [3.05, 3.63) is 0 Å². The maximum atomic E-state index is 10.7. The molecule has 0 aliphatic carbocycles. The summed E-state index contributed by atoms with van der Waals surface area (Å²) in [5.41, 5.74) is 0. The van der Waals surface area contributed by atoms with Crippen LogP contribution in [0, 0.1) is 0 Å². The molecule has 11 heavy (non-hydrogen) atoms. The molecule has 0 amide bonds. The van der Waals surface area contributed by atoms with Gasteiger partial charge in [-0.05, 0) is 0 Å². The molecule has 3 nitrogen and oxygen atoms in total. The van der Waals surface area contributed by atoms with E-state index in [0.717, 1.165) is 0 Å². The van der Waals surface area contributed by atoms with Gasteiger partial charge in [-0.15, -0.1) is 11.8 Å². The summed E-state index contributed by atoms with van der Waals surface area (Å²) in [4.78, 5) is 20.9. The first-order valence-corrected chi connectivity index (χ1v) is 4.55. The van der Waals surface area contributed by atoms with Gasteiger partial charge < -0.3 is 4.74 Å². The first kappa shape index (κ1) is 10.5. The number of ketones is 1. The van der Waals surface area contributed by atoms with Gasteiger partial charge in [0.2, 0.25) is 0 Å². The topological polar surface area (TPSA) is 43.4 Å². The van der Waals surface area contributed by atoms with Crippen LogP contribution in [0.1, 0.15) is 20.3 Å². The maximum absolute atomic E-state index is 10.7. The van der Waals surface area contributed by atoms with Gasteiger partial charge in [0.25, 0.3) is 0 Å². The number of hydrogen-bond acceptors (Lipinski definition) is 4. The molecule has 4 heteroatoms. The lowest BCUT2D eigenvalue weighted by molar-refractivity contribution is -0.138. The van der Waals surface area contributed by atoms with Crippen LogP contribution in [0.15, 0.2) is 0 Å². The Morgan fingerprint density at radius 1 is 1.45 bits per heavy atom. The fourth-order valence-corrected chi connectivity index (χ4v) is 1.15. The van der Waals surface area contributed by atoms with Crippen LogP contribution >= 0.6 is 11.8 Å². The van der Waals surface area contributed by atoms with Crippen LogP contribution in [0.2, 0.25) is 0 Å². The highest BCUT2D eigenvalue weighted by Gasteiger charge is 1.98. The zero-order chi connectivity index (χ0) is 8.69. The van der Waals surface area contributed by atoms with Crippen molar-refractivity contribution in [1.29, 1.82) is 0 Å². The second kappa shape index (κ2) is 6.22. The molecular formula is C7H12O3S. The molecule has 0 unspecified atom stereocenters. The Morgan fingerprint density at radius 3 is 2.55 bits per heavy atom. The van der Waals surface area contributed by atoms with Crippen LogP contribution in [0.5, 0.6) is 0 Å². The molecule has 0 bridgehead atoms. The lowest BCUT2D eigenvalue weighted by atomic mass is 10.4. The standard InChI is InChI=1S/C7H12O3S/c1-3-7(9)4-11-5-10-6(2)8/h3-5H2,1-2H3. The predicted molar refractivity (Wildman–Crippen MR) is 44.4 cm³/mol. The van der Waals surface area contributed by atoms with Gasteiger partial charge in [-0.25, -0.2) is 0 Å². The monoisotopic (exact) mass is 176 g/mol. The Hall–Kier alpha value is -0.510. The van der Waals surface area contributed by atoms with Crippen molar-refractivity contribution in [1.82, 2.24) is 0 Å². The van der Waals surface area contributed by atoms with Crippen molar-refractivity contribution >= 4 is 23.5 Å². The SMILES string of the molecule is CCC(=O)CSCOC(C)=O. The van der Waals surface area contributed by atoms with Crippen molar-refractivity contribution in [3.63, 3.8) is 0 Å². The number of carbonyl (C=O) groups is 2. The van der Waals surface area contributed by atoms with E-state index < -0.39 is 0 Å². The molecule has 0 aromatic carbocycles. The fraction of sp³-hybridized carbons (Fsp3) is 0.714. The van der Waals surface area contributed by atoms with E-state index in [0.29, 0.717) is 12.2 Å². The maximum Gasteiger partial charge on any atom is 0.303 e. The molecular weight excluding hydrogens is 164 g/mol. The number of Topliss-reactive ketones (excluding diaryl/α,β-unsaturated/α-hetero) is 1. The number of esters is 1. The molecule has 0 aromatic rings. The van der Waals surface area contributed by atoms with Crippen LogP contribution in [0.25, 0.3) is 0 Å². The summed E-state index contributed by atoms with van der Waals surface area (Å²) in [7, 11) is 0. The minimum atomic E-state index is -0.304. The minimum absolute atomic E-state index is 0.183. The highest BCUT2D eigenvalue weighted by Crippen LogP contribution is 2.01. The quantitative estimate of drug-likeness (QED) is 0.359. The van der Waals surface area contributed by atoms with Crippen LogP contribution in [0.3, 0.4) is 0 Å². The van der Waals surface area contributed by atoms with Crippen LogP contribution in [0.4, 0.5) is 0 Å². The van der Waals surface area contributed by atoms with Crippen LogP contribution in [-0.4, -0.2) is 23.4 Å². The summed E-state index contributed by atoms with van der Waals surface area (Å²) < 4.78 is 4.61. The predicted octanol–water partition coefficient (Wildman–Crippen LogP) is 1.22. The molecule has 0 rings (SSSR count). The molecule has 0 N–H and O–H groups in total. The van der Waals surface area contributed by atoms with Gasteiger partial charge in [0, 0.05) is 13.3 Å². The Morgan fingerprint density at radius 2 is 2.09 bits per heavy atom. The van der Waals surface area contributed by atoms with E-state index in [4.69, 9.17) is 0 Å². The third-order valence-corrected chi connectivity index (χ3v) is 1.81. The molecule has 64 valence electrons. The Labute approximate surface area is 70.5 Å². The first-order chi connectivity index (χ1) is 5.16. The van der Waals surface area contributed by atoms with Crippen molar-refractivity contribution in [2.45, 2.75) is 20.3 Å². The summed E-state index contributed by atoms with van der Waals surface area (Å²) in [6, 6.07) is 0. The zero-order valence-electron chi connectivity index (χ0n) is 6.75. The molecule has 0 spiro atoms. The molecule has 0 atom stereocenters. The Bertz CT molecular complexity index is 145. The molecule has 0 radical (unpaired) electrons. The van der Waals surface area contributed by atoms with Gasteiger partial charge >= 0.3 is 5.97 Å². The largest absolute Gasteiger partial charge is 0.455 e. The van der Waals surface area contributed by atoms with Crippen LogP contribution in [-0.2, 0) is 14.3 Å². The first-order valence-electron chi connectivity index (χ1n) is 3.39. The summed E-state index contributed by atoms with van der Waals surface area (Å²) in [5, 5.41) is 0. The summed E-state index contributed by atoms with van der Waals surface area (Å²) in [6.07, 6.45) is 0.549. The third kappa shape index (κ3) is 7.39. The molecule has 0 heterocycles. The van der Waals surface area contributed by atoms with Crippen LogP contribution < -0.4 is 0 Å². The zero-order valence-corrected chi connectivity index (χ0v) is 7.57. The Balaban J connectivity index is 3.14. The lowest BCUT2D eigenvalue weighted by Gasteiger charge is -1.99. The van der Waals surface area contributed by atoms with Crippen molar-refractivity contribution in [3.8, 4) is 0 Å². The van der Waals surface area contributed by atoms with E-state index >= 15 is 0 Å². The van der Waals surface area contributed by atoms with E-state index in [9.17, 15) is 9.59 Å². The number of carbonyl (C=O) groups excluding carboxylic acids is 2. The minimum Gasteiger partial charge on any atom is -0.455 e. The van der Waals surface area contributed by atoms with E-state index in [-0.39, 0.29) is 17.7 Å². The summed E-state index contributed by atoms with van der Waals surface area (Å²) in [5.74, 6) is 0.591. The molecule has 0 aliphatic rings. The average Bonchev–Trinajstić information content (AvgIpc) is 1.97. The average molecular weight is 176 g/mol. The van der Waals surface area contributed by atoms with Gasteiger partial charge in [0.15, 0.2) is 0 Å². The van der Waals surface area contributed by atoms with Gasteiger partial charge in [0.1, 0.15) is 11.7 Å². The fourth-order valence-electron chi connectivity index (χ4n) is 0.382. The van der Waals surface area contributed by atoms with Crippen molar-refractivity contribution in [2.24, 2.45) is 0 Å².